The second-order valence-corrected chi connectivity index (χ2v) is 4.68. The fraction of sp³-hybridized carbons (Fsp3) is 0.571. The Morgan fingerprint density at radius 2 is 2.06 bits per heavy atom. The van der Waals surface area contributed by atoms with Crippen LogP contribution < -0.4 is 5.73 Å². The molecule has 0 saturated heterocycles. The molecule has 2 N–H and O–H groups in total. The van der Waals surface area contributed by atoms with E-state index in [9.17, 15) is 0 Å². The minimum Gasteiger partial charge on any atom is -0.399 e. The van der Waals surface area contributed by atoms with Gasteiger partial charge in [-0.25, -0.2) is 0 Å². The van der Waals surface area contributed by atoms with E-state index >= 15 is 0 Å². The molecule has 0 saturated carbocycles. The molecule has 0 aromatic heterocycles. The Balaban J connectivity index is 2.69. The smallest absolute Gasteiger partial charge is 0.0346 e. The van der Waals surface area contributed by atoms with Crippen molar-refractivity contribution in [3.63, 3.8) is 0 Å². The second kappa shape index (κ2) is 5.90. The van der Waals surface area contributed by atoms with Crippen molar-refractivity contribution < 1.29 is 0 Å². The highest BCUT2D eigenvalue weighted by atomic mass is 15.1. The third kappa shape index (κ3) is 3.24. The summed E-state index contributed by atoms with van der Waals surface area (Å²) < 4.78 is 0. The van der Waals surface area contributed by atoms with Gasteiger partial charge in [0.15, 0.2) is 0 Å². The first-order valence-corrected chi connectivity index (χ1v) is 6.10. The molecule has 16 heavy (non-hydrogen) atoms. The summed E-state index contributed by atoms with van der Waals surface area (Å²) in [5.74, 6) is 0. The van der Waals surface area contributed by atoms with Crippen LogP contribution in [0, 0.1) is 6.92 Å². The highest BCUT2D eigenvalue weighted by Gasteiger charge is 2.10. The zero-order chi connectivity index (χ0) is 12.1. The number of anilines is 1. The molecule has 2 nitrogen and oxygen atoms in total. The summed E-state index contributed by atoms with van der Waals surface area (Å²) in [4.78, 5) is 2.39. The number of nitrogen functional groups attached to an aromatic ring is 1. The average molecular weight is 220 g/mol. The molecule has 1 atom stereocenters. The second-order valence-electron chi connectivity index (χ2n) is 4.68. The molecule has 2 heteroatoms. The number of nitrogens with zero attached hydrogens (tertiary/aromatic N) is 1. The topological polar surface area (TPSA) is 29.3 Å². The van der Waals surface area contributed by atoms with Crippen molar-refractivity contribution in [1.82, 2.24) is 4.90 Å². The van der Waals surface area contributed by atoms with Crippen LogP contribution in [-0.2, 0) is 6.54 Å². The van der Waals surface area contributed by atoms with Gasteiger partial charge in [0.1, 0.15) is 0 Å². The van der Waals surface area contributed by atoms with Crippen molar-refractivity contribution in [3.8, 4) is 0 Å². The Morgan fingerprint density at radius 3 is 2.69 bits per heavy atom. The van der Waals surface area contributed by atoms with E-state index in [2.05, 4.69) is 38.8 Å². The largest absolute Gasteiger partial charge is 0.399 e. The van der Waals surface area contributed by atoms with Crippen LogP contribution in [0.15, 0.2) is 18.2 Å². The molecule has 0 fully saturated rings. The van der Waals surface area contributed by atoms with E-state index in [4.69, 9.17) is 5.73 Å². The van der Waals surface area contributed by atoms with Gasteiger partial charge in [0.2, 0.25) is 0 Å². The third-order valence-electron chi connectivity index (χ3n) is 3.37. The first kappa shape index (κ1) is 13.0. The molecular weight excluding hydrogens is 196 g/mol. The number of rotatable bonds is 5. The van der Waals surface area contributed by atoms with Crippen LogP contribution in [0.4, 0.5) is 5.69 Å². The predicted octanol–water partition coefficient (Wildman–Crippen LogP) is 3.20. The van der Waals surface area contributed by atoms with E-state index in [-0.39, 0.29) is 0 Å². The van der Waals surface area contributed by atoms with Gasteiger partial charge in [-0.3, -0.25) is 4.90 Å². The van der Waals surface area contributed by atoms with Crippen LogP contribution in [0.1, 0.15) is 37.8 Å². The molecule has 0 spiro atoms. The van der Waals surface area contributed by atoms with Crippen molar-refractivity contribution in [2.24, 2.45) is 0 Å². The Labute approximate surface area is 99.5 Å². The Hall–Kier alpha value is -1.02. The van der Waals surface area contributed by atoms with Crippen LogP contribution >= 0.6 is 0 Å². The predicted molar refractivity (Wildman–Crippen MR) is 71.4 cm³/mol. The Bertz CT molecular complexity index is 334. The van der Waals surface area contributed by atoms with Gasteiger partial charge in [-0.2, -0.15) is 0 Å². The monoisotopic (exact) mass is 220 g/mol. The third-order valence-corrected chi connectivity index (χ3v) is 3.37. The van der Waals surface area contributed by atoms with E-state index in [1.165, 1.54) is 24.0 Å². The van der Waals surface area contributed by atoms with E-state index in [1.807, 2.05) is 12.1 Å². The first-order chi connectivity index (χ1) is 7.56. The molecular formula is C14H24N2. The molecule has 1 aromatic carbocycles. The summed E-state index contributed by atoms with van der Waals surface area (Å²) in [5.41, 5.74) is 9.37. The van der Waals surface area contributed by atoms with E-state index in [1.54, 1.807) is 0 Å². The molecule has 0 amide bonds. The minimum atomic E-state index is 0.630. The summed E-state index contributed by atoms with van der Waals surface area (Å²) >= 11 is 0. The highest BCUT2D eigenvalue weighted by Crippen LogP contribution is 2.18. The lowest BCUT2D eigenvalue weighted by Crippen LogP contribution is -2.28. The first-order valence-electron chi connectivity index (χ1n) is 6.10. The van der Waals surface area contributed by atoms with Crippen molar-refractivity contribution in [1.29, 1.82) is 0 Å². The molecule has 0 heterocycles. The lowest BCUT2D eigenvalue weighted by molar-refractivity contribution is 0.236. The van der Waals surface area contributed by atoms with Crippen LogP contribution in [0.2, 0.25) is 0 Å². The number of nitrogens with two attached hydrogens (primary N) is 1. The molecule has 1 rings (SSSR count). The van der Waals surface area contributed by atoms with Crippen molar-refractivity contribution in [3.05, 3.63) is 29.3 Å². The van der Waals surface area contributed by atoms with Gasteiger partial charge in [0.05, 0.1) is 0 Å². The highest BCUT2D eigenvalue weighted by molar-refractivity contribution is 5.49. The van der Waals surface area contributed by atoms with Gasteiger partial charge < -0.3 is 5.73 Å². The zero-order valence-corrected chi connectivity index (χ0v) is 11.0. The number of benzene rings is 1. The lowest BCUT2D eigenvalue weighted by Gasteiger charge is -2.25. The maximum atomic E-state index is 5.91. The molecule has 0 bridgehead atoms. The average Bonchev–Trinajstić information content (AvgIpc) is 2.25. The summed E-state index contributed by atoms with van der Waals surface area (Å²) in [7, 11) is 2.18. The van der Waals surface area contributed by atoms with Gasteiger partial charge in [0, 0.05) is 18.3 Å². The van der Waals surface area contributed by atoms with Crippen molar-refractivity contribution in [2.45, 2.75) is 46.2 Å². The van der Waals surface area contributed by atoms with Crippen LogP contribution in [-0.4, -0.2) is 18.0 Å². The van der Waals surface area contributed by atoms with E-state index in [0.717, 1.165) is 12.2 Å². The fourth-order valence-corrected chi connectivity index (χ4v) is 1.94. The van der Waals surface area contributed by atoms with Crippen molar-refractivity contribution in [2.75, 3.05) is 12.8 Å². The SMILES string of the molecule is CCCC(C)N(C)Cc1cccc(N)c1C. The molecule has 1 unspecified atom stereocenters. The minimum absolute atomic E-state index is 0.630. The molecule has 1 aromatic rings. The van der Waals surface area contributed by atoms with E-state index in [0.29, 0.717) is 6.04 Å². The Kier molecular flexibility index (Phi) is 4.81. The summed E-state index contributed by atoms with van der Waals surface area (Å²) in [6.07, 6.45) is 2.49. The number of hydrogen-bond acceptors (Lipinski definition) is 2. The Morgan fingerprint density at radius 1 is 1.38 bits per heavy atom. The molecule has 90 valence electrons. The summed E-state index contributed by atoms with van der Waals surface area (Å²) in [5, 5.41) is 0. The molecule has 0 aliphatic carbocycles. The standard InChI is InChI=1S/C14H24N2/c1-5-7-11(2)16(4)10-13-8-6-9-14(15)12(13)3/h6,8-9,11H,5,7,10,15H2,1-4H3. The van der Waals surface area contributed by atoms with E-state index < -0.39 is 0 Å². The van der Waals surface area contributed by atoms with Gasteiger partial charge in [-0.1, -0.05) is 25.5 Å². The van der Waals surface area contributed by atoms with Gasteiger partial charge in [-0.05, 0) is 44.5 Å². The lowest BCUT2D eigenvalue weighted by atomic mass is 10.1. The zero-order valence-electron chi connectivity index (χ0n) is 11.0. The normalized spacial score (nSPS) is 13.1. The molecule has 0 radical (unpaired) electrons. The molecule has 0 aliphatic rings. The maximum Gasteiger partial charge on any atom is 0.0346 e. The van der Waals surface area contributed by atoms with Gasteiger partial charge in [-0.15, -0.1) is 0 Å². The van der Waals surface area contributed by atoms with Gasteiger partial charge >= 0.3 is 0 Å². The summed E-state index contributed by atoms with van der Waals surface area (Å²) in [6.45, 7) is 7.60. The van der Waals surface area contributed by atoms with Crippen LogP contribution in [0.5, 0.6) is 0 Å². The molecule has 0 aliphatic heterocycles. The van der Waals surface area contributed by atoms with Crippen molar-refractivity contribution >= 4 is 5.69 Å². The van der Waals surface area contributed by atoms with Gasteiger partial charge in [0.25, 0.3) is 0 Å². The fourth-order valence-electron chi connectivity index (χ4n) is 1.94. The summed E-state index contributed by atoms with van der Waals surface area (Å²) in [6, 6.07) is 6.80. The quantitative estimate of drug-likeness (QED) is 0.772. The van der Waals surface area contributed by atoms with Crippen LogP contribution in [0.25, 0.3) is 0 Å². The number of hydrogen-bond donors (Lipinski definition) is 1. The maximum absolute atomic E-state index is 5.91. The van der Waals surface area contributed by atoms with Crippen LogP contribution in [0.3, 0.4) is 0 Å².